The first-order valence-electron chi connectivity index (χ1n) is 5.49. The van der Waals surface area contributed by atoms with Crippen LogP contribution < -0.4 is 5.43 Å². The number of aromatic nitrogens is 2. The lowest BCUT2D eigenvalue weighted by molar-refractivity contribution is 0.0686. The predicted molar refractivity (Wildman–Crippen MR) is 63.2 cm³/mol. The van der Waals surface area contributed by atoms with E-state index in [1.807, 2.05) is 6.92 Å². The highest BCUT2D eigenvalue weighted by Gasteiger charge is 2.17. The molecule has 1 heterocycles. The van der Waals surface area contributed by atoms with Gasteiger partial charge in [-0.15, -0.1) is 0 Å². The van der Waals surface area contributed by atoms with Gasteiger partial charge in [0.25, 0.3) is 0 Å². The van der Waals surface area contributed by atoms with Crippen LogP contribution in [0.3, 0.4) is 0 Å². The molecule has 0 saturated heterocycles. The van der Waals surface area contributed by atoms with Crippen LogP contribution in [0.5, 0.6) is 0 Å². The van der Waals surface area contributed by atoms with E-state index in [-0.39, 0.29) is 10.9 Å². The van der Waals surface area contributed by atoms with E-state index >= 15 is 0 Å². The zero-order valence-electron chi connectivity index (χ0n) is 9.68. The zero-order chi connectivity index (χ0) is 13.3. The van der Waals surface area contributed by atoms with E-state index in [1.165, 1.54) is 22.9 Å². The highest BCUT2D eigenvalue weighted by molar-refractivity contribution is 5.90. The van der Waals surface area contributed by atoms with Gasteiger partial charge >= 0.3 is 5.97 Å². The second-order valence-electron chi connectivity index (χ2n) is 3.84. The molecule has 18 heavy (non-hydrogen) atoms. The Hall–Kier alpha value is -2.24. The number of carboxylic acid groups (broad SMARTS) is 1. The fourth-order valence-electron chi connectivity index (χ4n) is 1.82. The topological polar surface area (TPSA) is 72.2 Å². The number of hydrogen-bond acceptors (Lipinski definition) is 3. The quantitative estimate of drug-likeness (QED) is 0.898. The van der Waals surface area contributed by atoms with Gasteiger partial charge in [0.1, 0.15) is 11.3 Å². The van der Waals surface area contributed by atoms with E-state index in [4.69, 9.17) is 5.11 Å². The zero-order valence-corrected chi connectivity index (χ0v) is 9.68. The van der Waals surface area contributed by atoms with Gasteiger partial charge in [-0.2, -0.15) is 5.10 Å². The van der Waals surface area contributed by atoms with Crippen molar-refractivity contribution in [1.82, 2.24) is 9.78 Å². The third kappa shape index (κ3) is 1.85. The molecule has 0 aliphatic carbocycles. The van der Waals surface area contributed by atoms with E-state index in [1.54, 1.807) is 0 Å². The Bertz CT molecular complexity index is 679. The average molecular weight is 250 g/mol. The molecule has 94 valence electrons. The molecule has 0 aliphatic heterocycles. The van der Waals surface area contributed by atoms with E-state index < -0.39 is 22.9 Å². The number of carboxylic acids is 1. The van der Waals surface area contributed by atoms with Crippen LogP contribution in [0.2, 0.25) is 0 Å². The summed E-state index contributed by atoms with van der Waals surface area (Å²) in [6, 6.07) is 4.00. The summed E-state index contributed by atoms with van der Waals surface area (Å²) >= 11 is 0. The maximum atomic E-state index is 13.7. The lowest BCUT2D eigenvalue weighted by Crippen LogP contribution is -2.23. The summed E-state index contributed by atoms with van der Waals surface area (Å²) in [5.41, 5.74) is -1.29. The molecule has 1 aromatic carbocycles. The van der Waals surface area contributed by atoms with Crippen LogP contribution >= 0.6 is 0 Å². The van der Waals surface area contributed by atoms with Crippen molar-refractivity contribution in [3.63, 3.8) is 0 Å². The van der Waals surface area contributed by atoms with Crippen LogP contribution in [-0.4, -0.2) is 20.9 Å². The van der Waals surface area contributed by atoms with E-state index in [0.717, 1.165) is 0 Å². The van der Waals surface area contributed by atoms with Crippen molar-refractivity contribution in [3.8, 4) is 0 Å². The molecule has 6 heteroatoms. The minimum Gasteiger partial charge on any atom is -0.476 e. The van der Waals surface area contributed by atoms with Gasteiger partial charge in [0.2, 0.25) is 11.1 Å². The molecule has 5 nitrogen and oxygen atoms in total. The van der Waals surface area contributed by atoms with Crippen molar-refractivity contribution in [1.29, 1.82) is 0 Å². The first-order chi connectivity index (χ1) is 8.56. The fourth-order valence-corrected chi connectivity index (χ4v) is 1.82. The van der Waals surface area contributed by atoms with Crippen LogP contribution in [0.1, 0.15) is 23.8 Å². The van der Waals surface area contributed by atoms with Crippen LogP contribution in [0.25, 0.3) is 10.9 Å². The van der Waals surface area contributed by atoms with Crippen LogP contribution in [0.4, 0.5) is 4.39 Å². The molecule has 1 aromatic heterocycles. The third-order valence-electron chi connectivity index (χ3n) is 2.56. The molecule has 0 amide bonds. The average Bonchev–Trinajstić information content (AvgIpc) is 2.32. The van der Waals surface area contributed by atoms with Crippen LogP contribution in [0.15, 0.2) is 23.0 Å². The maximum Gasteiger partial charge on any atom is 0.360 e. The highest BCUT2D eigenvalue weighted by atomic mass is 19.1. The van der Waals surface area contributed by atoms with Crippen molar-refractivity contribution in [2.24, 2.45) is 0 Å². The number of nitrogens with zero attached hydrogens (tertiary/aromatic N) is 2. The van der Waals surface area contributed by atoms with Gasteiger partial charge in [-0.05, 0) is 18.6 Å². The van der Waals surface area contributed by atoms with Crippen molar-refractivity contribution in [2.75, 3.05) is 0 Å². The predicted octanol–water partition coefficient (Wildman–Crippen LogP) is 1.64. The van der Waals surface area contributed by atoms with Gasteiger partial charge in [0, 0.05) is 6.54 Å². The molecule has 2 rings (SSSR count). The number of hydrogen-bond donors (Lipinski definition) is 1. The molecule has 2 aromatic rings. The number of halogens is 1. The summed E-state index contributed by atoms with van der Waals surface area (Å²) in [6.07, 6.45) is 0.651. The summed E-state index contributed by atoms with van der Waals surface area (Å²) in [4.78, 5) is 22.8. The van der Waals surface area contributed by atoms with E-state index in [2.05, 4.69) is 5.10 Å². The maximum absolute atomic E-state index is 13.7. The summed E-state index contributed by atoms with van der Waals surface area (Å²) in [6.45, 7) is 2.20. The van der Waals surface area contributed by atoms with Gasteiger partial charge in [0.15, 0.2) is 0 Å². The second-order valence-corrected chi connectivity index (χ2v) is 3.84. The molecule has 0 bridgehead atoms. The van der Waals surface area contributed by atoms with Gasteiger partial charge in [0.05, 0.1) is 5.39 Å². The SMILES string of the molecule is CCCn1nc(C(=O)O)c(=O)c2cccc(F)c21. The number of aryl methyl sites for hydroxylation is 1. The third-order valence-corrected chi connectivity index (χ3v) is 2.56. The Morgan fingerprint density at radius 3 is 2.83 bits per heavy atom. The summed E-state index contributed by atoms with van der Waals surface area (Å²) < 4.78 is 15.0. The van der Waals surface area contributed by atoms with Gasteiger partial charge in [-0.1, -0.05) is 13.0 Å². The Morgan fingerprint density at radius 2 is 2.22 bits per heavy atom. The minimum absolute atomic E-state index is 0.0378. The molecule has 0 radical (unpaired) electrons. The van der Waals surface area contributed by atoms with Gasteiger partial charge in [-0.3, -0.25) is 9.48 Å². The van der Waals surface area contributed by atoms with Crippen molar-refractivity contribution < 1.29 is 14.3 Å². The van der Waals surface area contributed by atoms with Crippen molar-refractivity contribution in [3.05, 3.63) is 39.9 Å². The standard InChI is InChI=1S/C12H11FN2O3/c1-2-6-15-10-7(4-3-5-8(10)13)11(16)9(14-15)12(17)18/h3-5H,2,6H2,1H3,(H,17,18). The summed E-state index contributed by atoms with van der Waals surface area (Å²) in [5, 5.41) is 12.7. The second kappa shape index (κ2) is 4.56. The highest BCUT2D eigenvalue weighted by Crippen LogP contribution is 2.14. The fraction of sp³-hybridized carbons (Fsp3) is 0.250. The lowest BCUT2D eigenvalue weighted by atomic mass is 10.2. The minimum atomic E-state index is -1.41. The molecular formula is C12H11FN2O3. The molecule has 0 fully saturated rings. The van der Waals surface area contributed by atoms with Crippen molar-refractivity contribution >= 4 is 16.9 Å². The summed E-state index contributed by atoms with van der Waals surface area (Å²) in [7, 11) is 0. The number of para-hydroxylation sites is 1. The van der Waals surface area contributed by atoms with Crippen LogP contribution in [-0.2, 0) is 6.54 Å². The normalized spacial score (nSPS) is 10.8. The molecule has 0 spiro atoms. The molecule has 0 aliphatic rings. The smallest absolute Gasteiger partial charge is 0.360 e. The number of benzene rings is 1. The number of fused-ring (bicyclic) bond motifs is 1. The molecular weight excluding hydrogens is 239 g/mol. The van der Waals surface area contributed by atoms with Gasteiger partial charge in [-0.25, -0.2) is 9.18 Å². The van der Waals surface area contributed by atoms with E-state index in [9.17, 15) is 14.0 Å². The number of rotatable bonds is 3. The van der Waals surface area contributed by atoms with Crippen molar-refractivity contribution in [2.45, 2.75) is 19.9 Å². The number of carbonyl (C=O) groups is 1. The lowest BCUT2D eigenvalue weighted by Gasteiger charge is -2.10. The van der Waals surface area contributed by atoms with E-state index in [0.29, 0.717) is 13.0 Å². The Kier molecular flexibility index (Phi) is 3.10. The molecule has 1 N–H and O–H groups in total. The molecule has 0 atom stereocenters. The summed E-state index contributed by atoms with van der Waals surface area (Å²) in [5.74, 6) is -1.99. The first kappa shape index (κ1) is 12.2. The Labute approximate surface area is 101 Å². The first-order valence-corrected chi connectivity index (χ1v) is 5.49. The molecule has 0 unspecified atom stereocenters. The monoisotopic (exact) mass is 250 g/mol. The Balaban J connectivity index is 2.92. The largest absolute Gasteiger partial charge is 0.476 e. The van der Waals surface area contributed by atoms with Crippen LogP contribution in [0, 0.1) is 5.82 Å². The Morgan fingerprint density at radius 1 is 1.50 bits per heavy atom. The molecule has 0 saturated carbocycles. The number of aromatic carboxylic acids is 1. The van der Waals surface area contributed by atoms with Gasteiger partial charge < -0.3 is 5.11 Å².